The summed E-state index contributed by atoms with van der Waals surface area (Å²) in [7, 11) is 0. The van der Waals surface area contributed by atoms with E-state index >= 15 is 0 Å². The highest BCUT2D eigenvalue weighted by Crippen LogP contribution is 2.20. The molecule has 2 rings (SSSR count). The largest absolute Gasteiger partial charge is 0.310 e. The van der Waals surface area contributed by atoms with E-state index in [-0.39, 0.29) is 11.9 Å². The van der Waals surface area contributed by atoms with Crippen LogP contribution in [0.25, 0.3) is 0 Å². The summed E-state index contributed by atoms with van der Waals surface area (Å²) in [5.74, 6) is 1.11. The maximum Gasteiger partial charge on any atom is 0.235 e. The van der Waals surface area contributed by atoms with Gasteiger partial charge in [0.1, 0.15) is 5.82 Å². The second-order valence-corrected chi connectivity index (χ2v) is 5.94. The van der Waals surface area contributed by atoms with E-state index in [0.717, 1.165) is 22.8 Å². The fraction of sp³-hybridized carbons (Fsp3) is 0.400. The van der Waals surface area contributed by atoms with Gasteiger partial charge in [-0.05, 0) is 32.4 Å². The van der Waals surface area contributed by atoms with Gasteiger partial charge in [-0.25, -0.2) is 4.68 Å². The van der Waals surface area contributed by atoms with Crippen molar-refractivity contribution in [3.8, 4) is 0 Å². The van der Waals surface area contributed by atoms with Gasteiger partial charge in [-0.15, -0.1) is 11.8 Å². The van der Waals surface area contributed by atoms with Crippen molar-refractivity contribution in [2.75, 3.05) is 11.1 Å². The second kappa shape index (κ2) is 7.26. The molecule has 0 aliphatic rings. The van der Waals surface area contributed by atoms with Gasteiger partial charge in [0, 0.05) is 23.4 Å². The molecule has 0 saturated carbocycles. The van der Waals surface area contributed by atoms with Crippen LogP contribution in [0, 0.1) is 6.92 Å². The van der Waals surface area contributed by atoms with Gasteiger partial charge >= 0.3 is 0 Å². The van der Waals surface area contributed by atoms with E-state index in [9.17, 15) is 4.79 Å². The van der Waals surface area contributed by atoms with Crippen LogP contribution in [0.15, 0.2) is 35.5 Å². The number of aromatic nitrogens is 3. The minimum absolute atomic E-state index is 0.0266. The molecule has 2 aromatic heterocycles. The van der Waals surface area contributed by atoms with E-state index in [0.29, 0.717) is 5.75 Å². The SMILES string of the molecule is CCC(C)n1nc(C)cc1NC(=O)CSc1ccncc1. The lowest BCUT2D eigenvalue weighted by Crippen LogP contribution is -2.18. The van der Waals surface area contributed by atoms with E-state index in [1.54, 1.807) is 12.4 Å². The number of anilines is 1. The number of amides is 1. The lowest BCUT2D eigenvalue weighted by molar-refractivity contribution is -0.113. The van der Waals surface area contributed by atoms with Crippen molar-refractivity contribution in [1.82, 2.24) is 14.8 Å². The highest BCUT2D eigenvalue weighted by atomic mass is 32.2. The van der Waals surface area contributed by atoms with Crippen LogP contribution >= 0.6 is 11.8 Å². The van der Waals surface area contributed by atoms with E-state index in [2.05, 4.69) is 29.2 Å². The molecular weight excluding hydrogens is 284 g/mol. The van der Waals surface area contributed by atoms with Gasteiger partial charge in [-0.3, -0.25) is 9.78 Å². The minimum atomic E-state index is -0.0266. The van der Waals surface area contributed by atoms with Crippen LogP contribution in [0.1, 0.15) is 32.0 Å². The average molecular weight is 304 g/mol. The van der Waals surface area contributed by atoms with E-state index < -0.39 is 0 Å². The van der Waals surface area contributed by atoms with Crippen LogP contribution in [0.3, 0.4) is 0 Å². The quantitative estimate of drug-likeness (QED) is 0.832. The smallest absolute Gasteiger partial charge is 0.235 e. The van der Waals surface area contributed by atoms with Crippen molar-refractivity contribution in [3.05, 3.63) is 36.3 Å². The summed E-state index contributed by atoms with van der Waals surface area (Å²) in [6.45, 7) is 6.13. The van der Waals surface area contributed by atoms with Crippen LogP contribution in [-0.2, 0) is 4.79 Å². The Morgan fingerprint density at radius 1 is 1.43 bits per heavy atom. The molecule has 0 aliphatic carbocycles. The normalized spacial score (nSPS) is 12.1. The highest BCUT2D eigenvalue weighted by Gasteiger charge is 2.13. The molecule has 1 N–H and O–H groups in total. The van der Waals surface area contributed by atoms with Crippen molar-refractivity contribution in [2.24, 2.45) is 0 Å². The van der Waals surface area contributed by atoms with Crippen molar-refractivity contribution in [1.29, 1.82) is 0 Å². The molecular formula is C15H20N4OS. The molecule has 6 heteroatoms. The molecule has 21 heavy (non-hydrogen) atoms. The predicted molar refractivity (Wildman–Crippen MR) is 85.6 cm³/mol. The minimum Gasteiger partial charge on any atom is -0.310 e. The Kier molecular flexibility index (Phi) is 5.38. The van der Waals surface area contributed by atoms with E-state index in [1.165, 1.54) is 11.8 Å². The molecule has 1 amide bonds. The lowest BCUT2D eigenvalue weighted by atomic mass is 10.3. The topological polar surface area (TPSA) is 59.8 Å². The number of carbonyl (C=O) groups excluding carboxylic acids is 1. The fourth-order valence-electron chi connectivity index (χ4n) is 1.88. The van der Waals surface area contributed by atoms with Gasteiger partial charge in [0.15, 0.2) is 0 Å². The first-order valence-corrected chi connectivity index (χ1v) is 7.97. The number of thioether (sulfide) groups is 1. The number of nitrogens with zero attached hydrogens (tertiary/aromatic N) is 3. The average Bonchev–Trinajstić information content (AvgIpc) is 2.86. The predicted octanol–water partition coefficient (Wildman–Crippen LogP) is 3.29. The Bertz CT molecular complexity index is 597. The van der Waals surface area contributed by atoms with E-state index in [4.69, 9.17) is 0 Å². The van der Waals surface area contributed by atoms with Gasteiger partial charge in [-0.1, -0.05) is 6.92 Å². The molecule has 0 fully saturated rings. The zero-order valence-corrected chi connectivity index (χ0v) is 13.4. The molecule has 0 bridgehead atoms. The van der Waals surface area contributed by atoms with Gasteiger partial charge in [0.25, 0.3) is 0 Å². The van der Waals surface area contributed by atoms with Crippen LogP contribution in [0.4, 0.5) is 5.82 Å². The third-order valence-electron chi connectivity index (χ3n) is 3.15. The summed E-state index contributed by atoms with van der Waals surface area (Å²) >= 11 is 1.49. The Morgan fingerprint density at radius 2 is 2.14 bits per heavy atom. The Balaban J connectivity index is 1.96. The zero-order chi connectivity index (χ0) is 15.2. The standard InChI is InChI=1S/C15H20N4OS/c1-4-12(3)19-14(9-11(2)18-19)17-15(20)10-21-13-5-7-16-8-6-13/h5-9,12H,4,10H2,1-3H3,(H,17,20). The maximum atomic E-state index is 12.1. The van der Waals surface area contributed by atoms with Crippen molar-refractivity contribution in [3.63, 3.8) is 0 Å². The molecule has 0 aromatic carbocycles. The van der Waals surface area contributed by atoms with Gasteiger partial charge in [0.05, 0.1) is 17.5 Å². The molecule has 2 aromatic rings. The van der Waals surface area contributed by atoms with Crippen molar-refractivity contribution in [2.45, 2.75) is 38.1 Å². The number of carbonyl (C=O) groups is 1. The third kappa shape index (κ3) is 4.32. The van der Waals surface area contributed by atoms with Crippen LogP contribution < -0.4 is 5.32 Å². The first kappa shape index (κ1) is 15.6. The zero-order valence-electron chi connectivity index (χ0n) is 12.5. The number of aryl methyl sites for hydroxylation is 1. The third-order valence-corrected chi connectivity index (χ3v) is 4.17. The highest BCUT2D eigenvalue weighted by molar-refractivity contribution is 8.00. The number of nitrogens with one attached hydrogen (secondary N) is 1. The number of hydrogen-bond acceptors (Lipinski definition) is 4. The van der Waals surface area contributed by atoms with Gasteiger partial charge in [-0.2, -0.15) is 5.10 Å². The van der Waals surface area contributed by atoms with Crippen LogP contribution in [0.5, 0.6) is 0 Å². The first-order valence-electron chi connectivity index (χ1n) is 6.99. The molecule has 0 aliphatic heterocycles. The summed E-state index contributed by atoms with van der Waals surface area (Å²) in [5.41, 5.74) is 0.910. The Labute approximate surface area is 129 Å². The lowest BCUT2D eigenvalue weighted by Gasteiger charge is -2.14. The number of rotatable bonds is 6. The van der Waals surface area contributed by atoms with Gasteiger partial charge in [0.2, 0.25) is 5.91 Å². The Hall–Kier alpha value is -1.82. The van der Waals surface area contributed by atoms with Crippen molar-refractivity contribution < 1.29 is 4.79 Å². The summed E-state index contributed by atoms with van der Waals surface area (Å²) < 4.78 is 1.88. The van der Waals surface area contributed by atoms with Crippen LogP contribution in [-0.4, -0.2) is 26.4 Å². The van der Waals surface area contributed by atoms with E-state index in [1.807, 2.05) is 29.8 Å². The molecule has 112 valence electrons. The summed E-state index contributed by atoms with van der Waals surface area (Å²) in [6, 6.07) is 5.96. The number of pyridine rings is 1. The molecule has 5 nitrogen and oxygen atoms in total. The molecule has 1 unspecified atom stereocenters. The van der Waals surface area contributed by atoms with Gasteiger partial charge < -0.3 is 5.32 Å². The van der Waals surface area contributed by atoms with Crippen LogP contribution in [0.2, 0.25) is 0 Å². The summed E-state index contributed by atoms with van der Waals surface area (Å²) in [6.07, 6.45) is 4.42. The monoisotopic (exact) mass is 304 g/mol. The molecule has 2 heterocycles. The maximum absolute atomic E-state index is 12.1. The molecule has 1 atom stereocenters. The summed E-state index contributed by atoms with van der Waals surface area (Å²) in [4.78, 5) is 17.1. The first-order chi connectivity index (χ1) is 10.1. The molecule has 0 saturated heterocycles. The fourth-order valence-corrected chi connectivity index (χ4v) is 2.57. The Morgan fingerprint density at radius 3 is 2.81 bits per heavy atom. The number of hydrogen-bond donors (Lipinski definition) is 1. The molecule has 0 radical (unpaired) electrons. The van der Waals surface area contributed by atoms with Crippen molar-refractivity contribution >= 4 is 23.5 Å². The molecule has 0 spiro atoms. The second-order valence-electron chi connectivity index (χ2n) is 4.89. The summed E-state index contributed by atoms with van der Waals surface area (Å²) in [5, 5.41) is 7.38.